The molecule has 0 amide bonds. The average Bonchev–Trinajstić information content (AvgIpc) is 2.18. The highest BCUT2D eigenvalue weighted by Crippen LogP contribution is 2.09. The Labute approximate surface area is 87.8 Å². The summed E-state index contributed by atoms with van der Waals surface area (Å²) in [4.78, 5) is 10.6. The second kappa shape index (κ2) is 4.95. The van der Waals surface area contributed by atoms with Crippen molar-refractivity contribution in [3.63, 3.8) is 0 Å². The van der Waals surface area contributed by atoms with E-state index in [0.29, 0.717) is 5.71 Å². The van der Waals surface area contributed by atoms with Gasteiger partial charge in [-0.2, -0.15) is 0 Å². The van der Waals surface area contributed by atoms with Crippen LogP contribution in [0.2, 0.25) is 0 Å². The normalized spacial score (nSPS) is 10.2. The summed E-state index contributed by atoms with van der Waals surface area (Å²) >= 11 is 0. The first-order valence-electron chi connectivity index (χ1n) is 4.41. The number of allylic oxidation sites excluding steroid dienone is 1. The number of nitrogens with one attached hydrogen (secondary N) is 2. The van der Waals surface area contributed by atoms with Crippen LogP contribution < -0.4 is 5.32 Å². The number of aromatic carboxylic acids is 1. The Morgan fingerprint density at radius 3 is 2.47 bits per heavy atom. The van der Waals surface area contributed by atoms with Gasteiger partial charge >= 0.3 is 5.97 Å². The van der Waals surface area contributed by atoms with Gasteiger partial charge < -0.3 is 15.8 Å². The molecule has 4 heteroatoms. The molecular formula is C11H12N2O2. The Bertz CT molecular complexity index is 394. The van der Waals surface area contributed by atoms with Crippen molar-refractivity contribution < 1.29 is 9.90 Å². The van der Waals surface area contributed by atoms with E-state index in [1.54, 1.807) is 31.3 Å². The maximum absolute atomic E-state index is 10.6. The molecular weight excluding hydrogens is 192 g/mol. The van der Waals surface area contributed by atoms with Crippen LogP contribution in [0.4, 0.5) is 5.69 Å². The van der Waals surface area contributed by atoms with Crippen LogP contribution in [0.25, 0.3) is 0 Å². The van der Waals surface area contributed by atoms with Crippen LogP contribution in [-0.2, 0) is 0 Å². The van der Waals surface area contributed by atoms with E-state index in [1.165, 1.54) is 12.1 Å². The monoisotopic (exact) mass is 204 g/mol. The lowest BCUT2D eigenvalue weighted by Gasteiger charge is -2.00. The van der Waals surface area contributed by atoms with Crippen molar-refractivity contribution in [3.05, 3.63) is 42.1 Å². The Morgan fingerprint density at radius 2 is 2.00 bits per heavy atom. The zero-order valence-corrected chi connectivity index (χ0v) is 8.32. The summed E-state index contributed by atoms with van der Waals surface area (Å²) in [6, 6.07) is 6.39. The van der Waals surface area contributed by atoms with Crippen LogP contribution in [0.15, 0.2) is 36.5 Å². The molecule has 0 radical (unpaired) electrons. The fourth-order valence-electron chi connectivity index (χ4n) is 0.972. The number of carbonyl (C=O) groups is 1. The van der Waals surface area contributed by atoms with Gasteiger partial charge in [-0.05, 0) is 37.3 Å². The Balaban J connectivity index is 2.65. The highest BCUT2D eigenvalue weighted by atomic mass is 16.4. The predicted octanol–water partition coefficient (Wildman–Crippen LogP) is 2.35. The minimum absolute atomic E-state index is 0.257. The molecule has 78 valence electrons. The summed E-state index contributed by atoms with van der Waals surface area (Å²) < 4.78 is 0. The molecule has 4 nitrogen and oxygen atoms in total. The molecule has 0 heterocycles. The first kappa shape index (κ1) is 11.0. The second-order valence-electron chi connectivity index (χ2n) is 3.04. The molecule has 0 aliphatic carbocycles. The first-order chi connectivity index (χ1) is 7.09. The quantitative estimate of drug-likeness (QED) is 0.659. The van der Waals surface area contributed by atoms with Gasteiger partial charge in [-0.25, -0.2) is 4.79 Å². The fourth-order valence-corrected chi connectivity index (χ4v) is 0.972. The summed E-state index contributed by atoms with van der Waals surface area (Å²) in [5.74, 6) is -0.938. The zero-order chi connectivity index (χ0) is 11.3. The number of carboxylic acid groups (broad SMARTS) is 1. The van der Waals surface area contributed by atoms with Gasteiger partial charge in [-0.15, -0.1) is 0 Å². The van der Waals surface area contributed by atoms with E-state index < -0.39 is 5.97 Å². The van der Waals surface area contributed by atoms with E-state index >= 15 is 0 Å². The van der Waals surface area contributed by atoms with Crippen molar-refractivity contribution in [1.82, 2.24) is 0 Å². The van der Waals surface area contributed by atoms with Gasteiger partial charge in [0.25, 0.3) is 0 Å². The van der Waals surface area contributed by atoms with Crippen LogP contribution in [0.1, 0.15) is 17.3 Å². The topological polar surface area (TPSA) is 73.2 Å². The van der Waals surface area contributed by atoms with Gasteiger partial charge in [0, 0.05) is 17.6 Å². The van der Waals surface area contributed by atoms with Crippen LogP contribution in [-0.4, -0.2) is 16.8 Å². The van der Waals surface area contributed by atoms with Gasteiger partial charge in [-0.1, -0.05) is 0 Å². The smallest absolute Gasteiger partial charge is 0.335 e. The van der Waals surface area contributed by atoms with E-state index in [-0.39, 0.29) is 5.56 Å². The molecule has 0 aromatic heterocycles. The third kappa shape index (κ3) is 3.64. The molecule has 15 heavy (non-hydrogen) atoms. The molecule has 1 rings (SSSR count). The zero-order valence-electron chi connectivity index (χ0n) is 8.32. The van der Waals surface area contributed by atoms with Crippen molar-refractivity contribution >= 4 is 17.4 Å². The summed E-state index contributed by atoms with van der Waals surface area (Å²) in [7, 11) is 0. The van der Waals surface area contributed by atoms with Crippen molar-refractivity contribution in [2.45, 2.75) is 6.92 Å². The van der Waals surface area contributed by atoms with E-state index in [9.17, 15) is 4.79 Å². The molecule has 0 aliphatic rings. The van der Waals surface area contributed by atoms with Crippen LogP contribution in [0, 0.1) is 5.41 Å². The maximum atomic E-state index is 10.6. The van der Waals surface area contributed by atoms with E-state index in [4.69, 9.17) is 10.5 Å². The van der Waals surface area contributed by atoms with Crippen molar-refractivity contribution in [2.75, 3.05) is 5.32 Å². The number of benzene rings is 1. The predicted molar refractivity (Wildman–Crippen MR) is 59.6 cm³/mol. The van der Waals surface area contributed by atoms with Gasteiger partial charge in [0.1, 0.15) is 0 Å². The fraction of sp³-hybridized carbons (Fsp3) is 0.0909. The standard InChI is InChI=1S/C11H12N2O2/c1-8(12)6-7-13-10-4-2-9(3-5-10)11(14)15/h2-7,12-13H,1H3,(H,14,15)/b7-6-,12-8?. The number of anilines is 1. The van der Waals surface area contributed by atoms with E-state index in [2.05, 4.69) is 5.32 Å². The van der Waals surface area contributed by atoms with Gasteiger partial charge in [0.2, 0.25) is 0 Å². The summed E-state index contributed by atoms with van der Waals surface area (Å²) in [5, 5.41) is 18.7. The van der Waals surface area contributed by atoms with Gasteiger partial charge in [0.05, 0.1) is 5.56 Å². The minimum Gasteiger partial charge on any atom is -0.478 e. The first-order valence-corrected chi connectivity index (χ1v) is 4.41. The lowest BCUT2D eigenvalue weighted by molar-refractivity contribution is 0.0697. The Morgan fingerprint density at radius 1 is 1.40 bits per heavy atom. The third-order valence-corrected chi connectivity index (χ3v) is 1.72. The minimum atomic E-state index is -0.938. The molecule has 0 saturated carbocycles. The third-order valence-electron chi connectivity index (χ3n) is 1.72. The highest BCUT2D eigenvalue weighted by molar-refractivity contribution is 5.90. The molecule has 0 fully saturated rings. The highest BCUT2D eigenvalue weighted by Gasteiger charge is 2.00. The van der Waals surface area contributed by atoms with Crippen LogP contribution >= 0.6 is 0 Å². The lowest BCUT2D eigenvalue weighted by atomic mass is 10.2. The van der Waals surface area contributed by atoms with Gasteiger partial charge in [-0.3, -0.25) is 0 Å². The van der Waals surface area contributed by atoms with Crippen LogP contribution in [0.3, 0.4) is 0 Å². The SMILES string of the molecule is CC(=N)/C=C\Nc1ccc(C(=O)O)cc1. The average molecular weight is 204 g/mol. The lowest BCUT2D eigenvalue weighted by Crippen LogP contribution is -1.96. The molecule has 0 spiro atoms. The number of rotatable bonds is 4. The van der Waals surface area contributed by atoms with E-state index in [1.807, 2.05) is 0 Å². The van der Waals surface area contributed by atoms with Crippen LogP contribution in [0.5, 0.6) is 0 Å². The number of hydrogen-bond donors (Lipinski definition) is 3. The second-order valence-corrected chi connectivity index (χ2v) is 3.04. The van der Waals surface area contributed by atoms with Crippen molar-refractivity contribution in [2.24, 2.45) is 0 Å². The van der Waals surface area contributed by atoms with Gasteiger partial charge in [0.15, 0.2) is 0 Å². The summed E-state index contributed by atoms with van der Waals surface area (Å²) in [6.45, 7) is 1.67. The van der Waals surface area contributed by atoms with Crippen molar-refractivity contribution in [3.8, 4) is 0 Å². The molecule has 0 atom stereocenters. The Kier molecular flexibility index (Phi) is 3.62. The molecule has 3 N–H and O–H groups in total. The molecule has 0 bridgehead atoms. The number of hydrogen-bond acceptors (Lipinski definition) is 3. The van der Waals surface area contributed by atoms with E-state index in [0.717, 1.165) is 5.69 Å². The van der Waals surface area contributed by atoms with Crippen molar-refractivity contribution in [1.29, 1.82) is 5.41 Å². The summed E-state index contributed by atoms with van der Waals surface area (Å²) in [6.07, 6.45) is 3.25. The largest absolute Gasteiger partial charge is 0.478 e. The summed E-state index contributed by atoms with van der Waals surface area (Å²) in [5.41, 5.74) is 1.50. The molecule has 0 unspecified atom stereocenters. The molecule has 0 aliphatic heterocycles. The number of carboxylic acids is 1. The molecule has 1 aromatic carbocycles. The Hall–Kier alpha value is -2.10. The molecule has 1 aromatic rings. The maximum Gasteiger partial charge on any atom is 0.335 e. The molecule has 0 saturated heterocycles.